The normalized spacial score (nSPS) is 12.6. The minimum Gasteiger partial charge on any atom is -0.494 e. The number of anilines is 1. The maximum atomic E-state index is 13.3. The van der Waals surface area contributed by atoms with Crippen LogP contribution in [-0.4, -0.2) is 50.4 Å². The fourth-order valence-electron chi connectivity index (χ4n) is 1.50. The molecule has 0 aliphatic heterocycles. The number of likely N-dealkylation sites (N-methyl/N-ethyl adjacent to an activating group) is 1. The molecule has 1 rings (SSSR count). The van der Waals surface area contributed by atoms with Crippen molar-refractivity contribution in [3.05, 3.63) is 24.0 Å². The number of aliphatic hydroxyl groups is 1. The van der Waals surface area contributed by atoms with Crippen molar-refractivity contribution in [3.8, 4) is 5.75 Å². The van der Waals surface area contributed by atoms with Crippen LogP contribution < -0.4 is 10.1 Å². The molecule has 0 aliphatic rings. The van der Waals surface area contributed by atoms with E-state index in [0.717, 1.165) is 0 Å². The van der Waals surface area contributed by atoms with E-state index in [-0.39, 0.29) is 5.75 Å². The fraction of sp³-hybridized carbons (Fsp3) is 0.500. The molecule has 0 heterocycles. The second kappa shape index (κ2) is 6.42. The molecule has 1 aromatic carbocycles. The van der Waals surface area contributed by atoms with Gasteiger partial charge in [-0.25, -0.2) is 4.39 Å². The van der Waals surface area contributed by atoms with Crippen LogP contribution in [0.3, 0.4) is 0 Å². The molecular formula is C12H19FN2O2. The number of nitrogens with zero attached hydrogens (tertiary/aromatic N) is 1. The van der Waals surface area contributed by atoms with E-state index in [0.29, 0.717) is 18.8 Å². The highest BCUT2D eigenvalue weighted by Gasteiger charge is 2.07. The van der Waals surface area contributed by atoms with E-state index < -0.39 is 11.9 Å². The third-order valence-corrected chi connectivity index (χ3v) is 2.27. The Morgan fingerprint density at radius 3 is 2.71 bits per heavy atom. The molecule has 0 fully saturated rings. The predicted molar refractivity (Wildman–Crippen MR) is 66.0 cm³/mol. The highest BCUT2D eigenvalue weighted by molar-refractivity contribution is 5.47. The van der Waals surface area contributed by atoms with E-state index in [4.69, 9.17) is 4.74 Å². The van der Waals surface area contributed by atoms with Gasteiger partial charge in [0.2, 0.25) is 0 Å². The highest BCUT2D eigenvalue weighted by Crippen LogP contribution is 2.20. The summed E-state index contributed by atoms with van der Waals surface area (Å²) in [5.74, 6) is -0.205. The van der Waals surface area contributed by atoms with Gasteiger partial charge in [0.05, 0.1) is 13.2 Å². The summed E-state index contributed by atoms with van der Waals surface area (Å²) in [6.45, 7) is 0.940. The van der Waals surface area contributed by atoms with Crippen molar-refractivity contribution in [2.24, 2.45) is 0 Å². The molecule has 0 amide bonds. The van der Waals surface area contributed by atoms with Crippen LogP contribution in [0.2, 0.25) is 0 Å². The number of nitrogens with one attached hydrogen (secondary N) is 1. The van der Waals surface area contributed by atoms with Crippen molar-refractivity contribution in [2.75, 3.05) is 39.6 Å². The van der Waals surface area contributed by atoms with Crippen molar-refractivity contribution in [2.45, 2.75) is 6.10 Å². The number of hydrogen-bond acceptors (Lipinski definition) is 4. The molecule has 0 spiro atoms. The SMILES string of the molecule is COc1ccc(NCC(O)CN(C)C)cc1F. The summed E-state index contributed by atoms with van der Waals surface area (Å²) in [5.41, 5.74) is 0.626. The van der Waals surface area contributed by atoms with Crippen molar-refractivity contribution in [1.29, 1.82) is 0 Å². The number of methoxy groups -OCH3 is 1. The maximum Gasteiger partial charge on any atom is 0.167 e. The maximum absolute atomic E-state index is 13.3. The molecule has 1 aromatic rings. The average Bonchev–Trinajstić information content (AvgIpc) is 2.25. The van der Waals surface area contributed by atoms with E-state index in [1.54, 1.807) is 12.1 Å². The topological polar surface area (TPSA) is 44.7 Å². The minimum absolute atomic E-state index is 0.212. The molecule has 17 heavy (non-hydrogen) atoms. The van der Waals surface area contributed by atoms with Crippen molar-refractivity contribution < 1.29 is 14.2 Å². The molecule has 5 heteroatoms. The zero-order valence-electron chi connectivity index (χ0n) is 10.4. The van der Waals surface area contributed by atoms with E-state index in [9.17, 15) is 9.50 Å². The largest absolute Gasteiger partial charge is 0.494 e. The molecule has 0 aliphatic carbocycles. The molecular weight excluding hydrogens is 223 g/mol. The summed E-state index contributed by atoms with van der Waals surface area (Å²) in [5, 5.41) is 12.6. The van der Waals surface area contributed by atoms with Gasteiger partial charge in [0.15, 0.2) is 11.6 Å². The van der Waals surface area contributed by atoms with Crippen LogP contribution in [0.5, 0.6) is 5.75 Å². The minimum atomic E-state index is -0.491. The number of benzene rings is 1. The molecule has 0 aromatic heterocycles. The number of ether oxygens (including phenoxy) is 1. The van der Waals surface area contributed by atoms with Gasteiger partial charge < -0.3 is 20.1 Å². The first-order chi connectivity index (χ1) is 8.02. The highest BCUT2D eigenvalue weighted by atomic mass is 19.1. The van der Waals surface area contributed by atoms with Crippen molar-refractivity contribution in [3.63, 3.8) is 0 Å². The zero-order valence-corrected chi connectivity index (χ0v) is 10.4. The standard InChI is InChI=1S/C12H19FN2O2/c1-15(2)8-10(16)7-14-9-4-5-12(17-3)11(13)6-9/h4-6,10,14,16H,7-8H2,1-3H3. The number of aliphatic hydroxyl groups excluding tert-OH is 1. The first-order valence-electron chi connectivity index (χ1n) is 5.43. The lowest BCUT2D eigenvalue weighted by Crippen LogP contribution is -2.31. The van der Waals surface area contributed by atoms with Crippen LogP contribution >= 0.6 is 0 Å². The van der Waals surface area contributed by atoms with Gasteiger partial charge in [0.25, 0.3) is 0 Å². The summed E-state index contributed by atoms with van der Waals surface area (Å²) < 4.78 is 18.2. The zero-order chi connectivity index (χ0) is 12.8. The van der Waals surface area contributed by atoms with Crippen LogP contribution in [0, 0.1) is 5.82 Å². The van der Waals surface area contributed by atoms with E-state index in [1.807, 2.05) is 19.0 Å². The summed E-state index contributed by atoms with van der Waals surface area (Å²) in [6, 6.07) is 4.61. The monoisotopic (exact) mass is 242 g/mol. The Balaban J connectivity index is 2.49. The fourth-order valence-corrected chi connectivity index (χ4v) is 1.50. The van der Waals surface area contributed by atoms with Crippen LogP contribution in [0.15, 0.2) is 18.2 Å². The molecule has 0 bridgehead atoms. The molecule has 0 saturated heterocycles. The van der Waals surface area contributed by atoms with Gasteiger partial charge >= 0.3 is 0 Å². The Bertz CT molecular complexity index is 358. The molecule has 96 valence electrons. The van der Waals surface area contributed by atoms with Crippen LogP contribution in [-0.2, 0) is 0 Å². The molecule has 0 radical (unpaired) electrons. The number of rotatable bonds is 6. The first-order valence-corrected chi connectivity index (χ1v) is 5.43. The summed E-state index contributed by atoms with van der Waals surface area (Å²) in [6.07, 6.45) is -0.491. The van der Waals surface area contributed by atoms with Crippen molar-refractivity contribution in [1.82, 2.24) is 4.90 Å². The van der Waals surface area contributed by atoms with Gasteiger partial charge in [-0.2, -0.15) is 0 Å². The average molecular weight is 242 g/mol. The molecule has 1 atom stereocenters. The third-order valence-electron chi connectivity index (χ3n) is 2.27. The van der Waals surface area contributed by atoms with Crippen LogP contribution in [0.1, 0.15) is 0 Å². The van der Waals surface area contributed by atoms with Gasteiger partial charge in [-0.05, 0) is 26.2 Å². The van der Waals surface area contributed by atoms with Gasteiger partial charge in [0.1, 0.15) is 0 Å². The predicted octanol–water partition coefficient (Wildman–Crippen LogP) is 1.17. The lowest BCUT2D eigenvalue weighted by atomic mass is 10.2. The number of hydrogen-bond donors (Lipinski definition) is 2. The number of halogens is 1. The Morgan fingerprint density at radius 2 is 2.18 bits per heavy atom. The smallest absolute Gasteiger partial charge is 0.167 e. The Morgan fingerprint density at radius 1 is 1.47 bits per heavy atom. The van der Waals surface area contributed by atoms with Gasteiger partial charge in [-0.15, -0.1) is 0 Å². The molecule has 4 nitrogen and oxygen atoms in total. The van der Waals surface area contributed by atoms with Gasteiger partial charge in [-0.1, -0.05) is 0 Å². The second-order valence-corrected chi connectivity index (χ2v) is 4.15. The Hall–Kier alpha value is -1.33. The second-order valence-electron chi connectivity index (χ2n) is 4.15. The molecule has 1 unspecified atom stereocenters. The van der Waals surface area contributed by atoms with Crippen LogP contribution in [0.4, 0.5) is 10.1 Å². The van der Waals surface area contributed by atoms with Gasteiger partial charge in [-0.3, -0.25) is 0 Å². The molecule has 0 saturated carbocycles. The first kappa shape index (κ1) is 13.7. The summed E-state index contributed by atoms with van der Waals surface area (Å²) >= 11 is 0. The quantitative estimate of drug-likeness (QED) is 0.786. The summed E-state index contributed by atoms with van der Waals surface area (Å²) in [4.78, 5) is 1.89. The van der Waals surface area contributed by atoms with Crippen LogP contribution in [0.25, 0.3) is 0 Å². The Kier molecular flexibility index (Phi) is 5.18. The Labute approximate surface area is 101 Å². The van der Waals surface area contributed by atoms with E-state index in [2.05, 4.69) is 5.32 Å². The molecule has 2 N–H and O–H groups in total. The third kappa shape index (κ3) is 4.58. The van der Waals surface area contributed by atoms with E-state index >= 15 is 0 Å². The van der Waals surface area contributed by atoms with Crippen molar-refractivity contribution >= 4 is 5.69 Å². The lowest BCUT2D eigenvalue weighted by molar-refractivity contribution is 0.148. The van der Waals surface area contributed by atoms with Gasteiger partial charge in [0, 0.05) is 24.8 Å². The summed E-state index contributed by atoms with van der Waals surface area (Å²) in [7, 11) is 5.19. The lowest BCUT2D eigenvalue weighted by Gasteiger charge is -2.17. The van der Waals surface area contributed by atoms with E-state index in [1.165, 1.54) is 13.2 Å².